The van der Waals surface area contributed by atoms with Crippen LogP contribution in [0.3, 0.4) is 0 Å². The first kappa shape index (κ1) is 17.7. The summed E-state index contributed by atoms with van der Waals surface area (Å²) < 4.78 is 1.49. The normalized spacial score (nSPS) is 10.9. The Bertz CT molecular complexity index is 991. The summed E-state index contributed by atoms with van der Waals surface area (Å²) in [5.41, 5.74) is 7.55. The van der Waals surface area contributed by atoms with Crippen LogP contribution in [0.1, 0.15) is 42.6 Å². The summed E-state index contributed by atoms with van der Waals surface area (Å²) in [5, 5.41) is 0.551. The van der Waals surface area contributed by atoms with Gasteiger partial charge in [-0.25, -0.2) is 4.98 Å². The van der Waals surface area contributed by atoms with E-state index in [9.17, 15) is 9.59 Å². The molecule has 134 valence electrons. The van der Waals surface area contributed by atoms with Crippen LogP contribution in [0.5, 0.6) is 0 Å². The van der Waals surface area contributed by atoms with Crippen molar-refractivity contribution in [3.63, 3.8) is 0 Å². The van der Waals surface area contributed by atoms with Gasteiger partial charge in [-0.15, -0.1) is 0 Å². The van der Waals surface area contributed by atoms with E-state index >= 15 is 0 Å². The molecular weight excluding hydrogens is 328 g/mol. The van der Waals surface area contributed by atoms with E-state index in [1.165, 1.54) is 10.1 Å². The summed E-state index contributed by atoms with van der Waals surface area (Å²) >= 11 is 0. The number of benzene rings is 2. The van der Waals surface area contributed by atoms with E-state index in [1.807, 2.05) is 25.1 Å². The standard InChI is InChI=1S/C20H22N4O2/c1-4-24-19(26)16-7-5-6-8-17(16)21-20(24)23-22-18(25)15-11-9-14(10-12-15)13(2)3/h5-13H,4H2,1-3H3,(H,21,23)(H,22,25). The first-order chi connectivity index (χ1) is 12.5. The second kappa shape index (κ2) is 7.39. The molecule has 0 bridgehead atoms. The fourth-order valence-electron chi connectivity index (χ4n) is 2.76. The number of nitrogens with one attached hydrogen (secondary N) is 2. The van der Waals surface area contributed by atoms with Gasteiger partial charge in [-0.1, -0.05) is 38.1 Å². The van der Waals surface area contributed by atoms with E-state index in [0.717, 1.165) is 0 Å². The maximum atomic E-state index is 12.6. The van der Waals surface area contributed by atoms with Crippen molar-refractivity contribution < 1.29 is 4.79 Å². The van der Waals surface area contributed by atoms with Crippen LogP contribution >= 0.6 is 0 Å². The van der Waals surface area contributed by atoms with E-state index < -0.39 is 0 Å². The Labute approximate surface area is 151 Å². The van der Waals surface area contributed by atoms with Crippen molar-refractivity contribution in [3.8, 4) is 0 Å². The predicted molar refractivity (Wildman–Crippen MR) is 103 cm³/mol. The lowest BCUT2D eigenvalue weighted by atomic mass is 10.0. The molecule has 0 aliphatic carbocycles. The van der Waals surface area contributed by atoms with Crippen molar-refractivity contribution in [2.45, 2.75) is 33.2 Å². The summed E-state index contributed by atoms with van der Waals surface area (Å²) in [5.74, 6) is 0.430. The van der Waals surface area contributed by atoms with Gasteiger partial charge in [-0.3, -0.25) is 25.0 Å². The number of aromatic nitrogens is 2. The average molecular weight is 350 g/mol. The fraction of sp³-hybridized carbons (Fsp3) is 0.250. The van der Waals surface area contributed by atoms with Crippen LogP contribution in [0, 0.1) is 0 Å². The van der Waals surface area contributed by atoms with Gasteiger partial charge in [0.2, 0.25) is 5.95 Å². The third-order valence-corrected chi connectivity index (χ3v) is 4.31. The molecule has 6 heteroatoms. The number of fused-ring (bicyclic) bond motifs is 1. The molecule has 0 saturated heterocycles. The zero-order valence-corrected chi connectivity index (χ0v) is 15.1. The Morgan fingerprint density at radius 3 is 2.46 bits per heavy atom. The van der Waals surface area contributed by atoms with Crippen molar-refractivity contribution in [2.24, 2.45) is 0 Å². The van der Waals surface area contributed by atoms with Crippen LogP contribution in [0.15, 0.2) is 53.3 Å². The zero-order chi connectivity index (χ0) is 18.7. The lowest BCUT2D eigenvalue weighted by Gasteiger charge is -2.14. The second-order valence-electron chi connectivity index (χ2n) is 6.36. The summed E-state index contributed by atoms with van der Waals surface area (Å²) in [4.78, 5) is 29.4. The van der Waals surface area contributed by atoms with E-state index in [0.29, 0.717) is 34.9 Å². The molecular formula is C20H22N4O2. The lowest BCUT2D eigenvalue weighted by Crippen LogP contribution is -2.34. The maximum absolute atomic E-state index is 12.6. The van der Waals surface area contributed by atoms with Gasteiger partial charge in [0.25, 0.3) is 11.5 Å². The van der Waals surface area contributed by atoms with Crippen LogP contribution in [-0.4, -0.2) is 15.5 Å². The Hall–Kier alpha value is -3.15. The highest BCUT2D eigenvalue weighted by molar-refractivity contribution is 5.94. The third-order valence-electron chi connectivity index (χ3n) is 4.31. The maximum Gasteiger partial charge on any atom is 0.269 e. The third kappa shape index (κ3) is 3.44. The molecule has 6 nitrogen and oxygen atoms in total. The molecule has 1 aromatic heterocycles. The van der Waals surface area contributed by atoms with E-state index in [1.54, 1.807) is 30.3 Å². The quantitative estimate of drug-likeness (QED) is 0.692. The number of anilines is 1. The van der Waals surface area contributed by atoms with Crippen molar-refractivity contribution in [1.82, 2.24) is 15.0 Å². The molecule has 0 fully saturated rings. The summed E-state index contributed by atoms with van der Waals surface area (Å²) in [6, 6.07) is 14.6. The highest BCUT2D eigenvalue weighted by Gasteiger charge is 2.11. The molecule has 3 rings (SSSR count). The van der Waals surface area contributed by atoms with Gasteiger partial charge in [0.1, 0.15) is 0 Å². The molecule has 0 atom stereocenters. The molecule has 0 saturated carbocycles. The first-order valence-electron chi connectivity index (χ1n) is 8.67. The van der Waals surface area contributed by atoms with Gasteiger partial charge in [0, 0.05) is 12.1 Å². The van der Waals surface area contributed by atoms with Gasteiger partial charge in [0.05, 0.1) is 10.9 Å². The Morgan fingerprint density at radius 2 is 1.81 bits per heavy atom. The molecule has 3 aromatic rings. The zero-order valence-electron chi connectivity index (χ0n) is 15.1. The molecule has 0 radical (unpaired) electrons. The van der Waals surface area contributed by atoms with Crippen molar-refractivity contribution in [2.75, 3.05) is 5.43 Å². The van der Waals surface area contributed by atoms with Crippen LogP contribution in [0.25, 0.3) is 10.9 Å². The highest BCUT2D eigenvalue weighted by atomic mass is 16.2. The number of para-hydroxylation sites is 1. The molecule has 2 aromatic carbocycles. The molecule has 2 N–H and O–H groups in total. The Kier molecular flexibility index (Phi) is 5.02. The second-order valence-corrected chi connectivity index (χ2v) is 6.36. The van der Waals surface area contributed by atoms with Gasteiger partial charge in [-0.2, -0.15) is 0 Å². The molecule has 0 aliphatic heterocycles. The van der Waals surface area contributed by atoms with E-state index in [-0.39, 0.29) is 11.5 Å². The molecule has 26 heavy (non-hydrogen) atoms. The summed E-state index contributed by atoms with van der Waals surface area (Å²) in [6.45, 7) is 6.51. The van der Waals surface area contributed by atoms with Crippen LogP contribution < -0.4 is 16.4 Å². The number of amides is 1. The minimum absolute atomic E-state index is 0.142. The topological polar surface area (TPSA) is 76.0 Å². The van der Waals surface area contributed by atoms with Crippen molar-refractivity contribution >= 4 is 22.8 Å². The number of carbonyl (C=O) groups is 1. The molecule has 1 heterocycles. The Balaban J connectivity index is 1.82. The largest absolute Gasteiger partial charge is 0.277 e. The minimum atomic E-state index is -0.287. The molecule has 0 spiro atoms. The van der Waals surface area contributed by atoms with Crippen LogP contribution in [-0.2, 0) is 6.54 Å². The molecule has 0 aliphatic rings. The predicted octanol–water partition coefficient (Wildman–Crippen LogP) is 3.30. The van der Waals surface area contributed by atoms with Crippen molar-refractivity contribution in [3.05, 3.63) is 70.0 Å². The van der Waals surface area contributed by atoms with Gasteiger partial charge >= 0.3 is 0 Å². The molecule has 0 unspecified atom stereocenters. The Morgan fingerprint density at radius 1 is 1.12 bits per heavy atom. The number of rotatable bonds is 5. The van der Waals surface area contributed by atoms with Crippen molar-refractivity contribution in [1.29, 1.82) is 0 Å². The first-order valence-corrected chi connectivity index (χ1v) is 8.67. The molecule has 1 amide bonds. The minimum Gasteiger partial charge on any atom is -0.277 e. The number of hydrogen-bond acceptors (Lipinski definition) is 4. The van der Waals surface area contributed by atoms with E-state index in [2.05, 4.69) is 29.7 Å². The van der Waals surface area contributed by atoms with Gasteiger partial charge in [-0.05, 0) is 42.7 Å². The highest BCUT2D eigenvalue weighted by Crippen LogP contribution is 2.15. The summed E-state index contributed by atoms with van der Waals surface area (Å²) in [6.07, 6.45) is 0. The van der Waals surface area contributed by atoms with Gasteiger partial charge < -0.3 is 0 Å². The fourth-order valence-corrected chi connectivity index (χ4v) is 2.76. The van der Waals surface area contributed by atoms with Gasteiger partial charge in [0.15, 0.2) is 0 Å². The number of nitrogens with zero attached hydrogens (tertiary/aromatic N) is 2. The van der Waals surface area contributed by atoms with E-state index in [4.69, 9.17) is 0 Å². The number of hydrogen-bond donors (Lipinski definition) is 2. The average Bonchev–Trinajstić information content (AvgIpc) is 2.66. The SMILES string of the molecule is CCn1c(NNC(=O)c2ccc(C(C)C)cc2)nc2ccccc2c1=O. The number of carbonyl (C=O) groups excluding carboxylic acids is 1. The lowest BCUT2D eigenvalue weighted by molar-refractivity contribution is 0.0962. The monoisotopic (exact) mass is 350 g/mol. The van der Waals surface area contributed by atoms with Crippen LogP contribution in [0.2, 0.25) is 0 Å². The summed E-state index contributed by atoms with van der Waals surface area (Å²) in [7, 11) is 0. The smallest absolute Gasteiger partial charge is 0.269 e. The van der Waals surface area contributed by atoms with Crippen LogP contribution in [0.4, 0.5) is 5.95 Å². The number of hydrazine groups is 1.